The smallest absolute Gasteiger partial charge is 0.272 e. The highest BCUT2D eigenvalue weighted by atomic mass is 32.2. The summed E-state index contributed by atoms with van der Waals surface area (Å²) in [7, 11) is -2.43. The van der Waals surface area contributed by atoms with Gasteiger partial charge in [0.25, 0.3) is 5.91 Å². The average molecular weight is 413 g/mol. The number of halogens is 2. The maximum absolute atomic E-state index is 13.4. The van der Waals surface area contributed by atoms with Crippen LogP contribution in [0.15, 0.2) is 29.3 Å². The fraction of sp³-hybridized carbons (Fsp3) is 0.389. The minimum atomic E-state index is -3.95. The number of hydrogen-bond donors (Lipinski definition) is 3. The molecule has 0 bridgehead atoms. The molecule has 0 saturated heterocycles. The number of carbonyl (C=O) groups is 1. The molecule has 28 heavy (non-hydrogen) atoms. The third-order valence-corrected chi connectivity index (χ3v) is 6.29. The van der Waals surface area contributed by atoms with E-state index in [1.165, 1.54) is 37.7 Å². The maximum Gasteiger partial charge on any atom is 0.272 e. The van der Waals surface area contributed by atoms with Crippen molar-refractivity contribution >= 4 is 21.6 Å². The summed E-state index contributed by atoms with van der Waals surface area (Å²) in [5.41, 5.74) is -0.835. The van der Waals surface area contributed by atoms with Gasteiger partial charge in [0.2, 0.25) is 10.0 Å². The van der Waals surface area contributed by atoms with Crippen molar-refractivity contribution < 1.29 is 27.1 Å². The van der Waals surface area contributed by atoms with E-state index in [0.29, 0.717) is 5.56 Å². The number of sulfonamides is 1. The van der Waals surface area contributed by atoms with E-state index in [9.17, 15) is 27.1 Å². The molecule has 1 atom stereocenters. The number of carbonyl (C=O) groups excluding carboxylic acids is 1. The standard InChI is InChI=1S/C18H21F2N3O4S/c1-18(2,25)15-7-5-11-14(28(26,27)22-15)9-23(3)16(11)17(24)21-10-4-6-12(19)13(20)8-10/h4,6,8-9,15,22,25H,5,7H2,1-3H3,(H,21,24)/t15-/m0/s1. The van der Waals surface area contributed by atoms with E-state index >= 15 is 0 Å². The second kappa shape index (κ2) is 6.94. The maximum atomic E-state index is 13.4. The molecule has 7 nitrogen and oxygen atoms in total. The minimum Gasteiger partial charge on any atom is -0.389 e. The molecular weight excluding hydrogens is 392 g/mol. The Balaban J connectivity index is 1.98. The monoisotopic (exact) mass is 413 g/mol. The SMILES string of the molecule is Cn1cc2c(c1C(=O)Nc1ccc(F)c(F)c1)CC[C@@H](C(C)(C)O)NS2(=O)=O. The number of fused-ring (bicyclic) bond motifs is 1. The fourth-order valence-electron chi connectivity index (χ4n) is 3.28. The zero-order valence-corrected chi connectivity index (χ0v) is 16.4. The largest absolute Gasteiger partial charge is 0.389 e. The third-order valence-electron chi connectivity index (χ3n) is 4.76. The molecule has 3 N–H and O–H groups in total. The van der Waals surface area contributed by atoms with Crippen molar-refractivity contribution in [3.63, 3.8) is 0 Å². The summed E-state index contributed by atoms with van der Waals surface area (Å²) >= 11 is 0. The van der Waals surface area contributed by atoms with Crippen LogP contribution in [0, 0.1) is 11.6 Å². The second-order valence-corrected chi connectivity index (χ2v) is 9.06. The third kappa shape index (κ3) is 3.80. The van der Waals surface area contributed by atoms with Crippen LogP contribution in [0.25, 0.3) is 0 Å². The quantitative estimate of drug-likeness (QED) is 0.716. The highest BCUT2D eigenvalue weighted by molar-refractivity contribution is 7.89. The summed E-state index contributed by atoms with van der Waals surface area (Å²) in [4.78, 5) is 12.7. The number of nitrogens with zero attached hydrogens (tertiary/aromatic N) is 1. The van der Waals surface area contributed by atoms with Crippen LogP contribution in [0.1, 0.15) is 36.3 Å². The Hall–Kier alpha value is -2.30. The number of aromatic nitrogens is 1. The molecule has 1 aliphatic heterocycles. The Bertz CT molecular complexity index is 1040. The Labute approximate surface area is 161 Å². The van der Waals surface area contributed by atoms with Crippen LogP contribution in [-0.2, 0) is 23.5 Å². The molecule has 0 radical (unpaired) electrons. The lowest BCUT2D eigenvalue weighted by molar-refractivity contribution is 0.0434. The molecule has 0 saturated carbocycles. The van der Waals surface area contributed by atoms with Crippen LogP contribution in [-0.4, -0.2) is 35.6 Å². The lowest BCUT2D eigenvalue weighted by Crippen LogP contribution is -2.48. The highest BCUT2D eigenvalue weighted by Gasteiger charge is 2.37. The molecule has 3 rings (SSSR count). The number of aryl methyl sites for hydroxylation is 1. The molecule has 0 fully saturated rings. The van der Waals surface area contributed by atoms with Gasteiger partial charge in [0, 0.05) is 30.6 Å². The summed E-state index contributed by atoms with van der Waals surface area (Å²) in [6.45, 7) is 3.01. The van der Waals surface area contributed by atoms with Crippen molar-refractivity contribution in [3.8, 4) is 0 Å². The topological polar surface area (TPSA) is 100 Å². The molecule has 152 valence electrons. The van der Waals surface area contributed by atoms with E-state index in [4.69, 9.17) is 0 Å². The minimum absolute atomic E-state index is 0.0443. The molecule has 2 aromatic rings. The first-order chi connectivity index (χ1) is 12.9. The van der Waals surface area contributed by atoms with Crippen molar-refractivity contribution in [1.82, 2.24) is 9.29 Å². The number of rotatable bonds is 3. The molecule has 10 heteroatoms. The Morgan fingerprint density at radius 3 is 2.61 bits per heavy atom. The summed E-state index contributed by atoms with van der Waals surface area (Å²) in [6, 6.07) is 2.22. The molecule has 1 amide bonds. The van der Waals surface area contributed by atoms with Gasteiger partial charge in [-0.25, -0.2) is 21.9 Å². The fourth-order valence-corrected chi connectivity index (χ4v) is 5.01. The first-order valence-electron chi connectivity index (χ1n) is 8.59. The first kappa shape index (κ1) is 20.4. The van der Waals surface area contributed by atoms with E-state index < -0.39 is 39.2 Å². The number of nitrogens with one attached hydrogen (secondary N) is 2. The van der Waals surface area contributed by atoms with E-state index in [2.05, 4.69) is 10.0 Å². The van der Waals surface area contributed by atoms with E-state index in [0.717, 1.165) is 12.1 Å². The zero-order valence-electron chi connectivity index (χ0n) is 15.6. The zero-order chi connectivity index (χ0) is 20.9. The predicted molar refractivity (Wildman–Crippen MR) is 98.5 cm³/mol. The number of anilines is 1. The van der Waals surface area contributed by atoms with Gasteiger partial charge < -0.3 is 15.0 Å². The molecule has 0 spiro atoms. The second-order valence-electron chi connectivity index (χ2n) is 7.38. The van der Waals surface area contributed by atoms with Gasteiger partial charge in [0.1, 0.15) is 10.6 Å². The molecule has 1 aromatic carbocycles. The summed E-state index contributed by atoms with van der Waals surface area (Å²) < 4.78 is 55.8. The average Bonchev–Trinajstić information content (AvgIpc) is 2.84. The van der Waals surface area contributed by atoms with Crippen LogP contribution in [0.4, 0.5) is 14.5 Å². The van der Waals surface area contributed by atoms with Gasteiger partial charge in [-0.05, 0) is 38.8 Å². The van der Waals surface area contributed by atoms with Crippen molar-refractivity contribution in [2.24, 2.45) is 7.05 Å². The van der Waals surface area contributed by atoms with E-state index in [1.807, 2.05) is 0 Å². The van der Waals surface area contributed by atoms with Crippen LogP contribution in [0.2, 0.25) is 0 Å². The van der Waals surface area contributed by atoms with Gasteiger partial charge in [-0.2, -0.15) is 0 Å². The van der Waals surface area contributed by atoms with Crippen LogP contribution < -0.4 is 10.0 Å². The van der Waals surface area contributed by atoms with Crippen molar-refractivity contribution in [2.45, 2.75) is 43.2 Å². The predicted octanol–water partition coefficient (Wildman–Crippen LogP) is 1.92. The van der Waals surface area contributed by atoms with Crippen molar-refractivity contribution in [2.75, 3.05) is 5.32 Å². The molecule has 0 aliphatic carbocycles. The highest BCUT2D eigenvalue weighted by Crippen LogP contribution is 2.30. The Kier molecular flexibility index (Phi) is 5.07. The summed E-state index contributed by atoms with van der Waals surface area (Å²) in [6.07, 6.45) is 1.84. The van der Waals surface area contributed by atoms with E-state index in [-0.39, 0.29) is 29.1 Å². The lowest BCUT2D eigenvalue weighted by atomic mass is 9.93. The van der Waals surface area contributed by atoms with Gasteiger partial charge in [0.15, 0.2) is 11.6 Å². The molecule has 0 unspecified atom stereocenters. The van der Waals surface area contributed by atoms with Crippen LogP contribution in [0.3, 0.4) is 0 Å². The van der Waals surface area contributed by atoms with Gasteiger partial charge in [-0.15, -0.1) is 0 Å². The van der Waals surface area contributed by atoms with Gasteiger partial charge >= 0.3 is 0 Å². The number of hydrogen-bond acceptors (Lipinski definition) is 4. The van der Waals surface area contributed by atoms with E-state index in [1.54, 1.807) is 0 Å². The number of amides is 1. The van der Waals surface area contributed by atoms with Gasteiger partial charge in [-0.1, -0.05) is 0 Å². The number of benzene rings is 1. The van der Waals surface area contributed by atoms with Gasteiger partial charge in [-0.3, -0.25) is 4.79 Å². The van der Waals surface area contributed by atoms with Crippen LogP contribution in [0.5, 0.6) is 0 Å². The number of aliphatic hydroxyl groups is 1. The lowest BCUT2D eigenvalue weighted by Gasteiger charge is -2.28. The Morgan fingerprint density at radius 2 is 2.00 bits per heavy atom. The molecule has 1 aliphatic rings. The summed E-state index contributed by atoms with van der Waals surface area (Å²) in [5.74, 6) is -2.80. The first-order valence-corrected chi connectivity index (χ1v) is 10.1. The normalized spacial score (nSPS) is 19.0. The van der Waals surface area contributed by atoms with Gasteiger partial charge in [0.05, 0.1) is 11.6 Å². The Morgan fingerprint density at radius 1 is 1.32 bits per heavy atom. The van der Waals surface area contributed by atoms with Crippen molar-refractivity contribution in [1.29, 1.82) is 0 Å². The summed E-state index contributed by atoms with van der Waals surface area (Å²) in [5, 5.41) is 12.7. The molecule has 2 heterocycles. The van der Waals surface area contributed by atoms with Crippen LogP contribution >= 0.6 is 0 Å². The molecule has 1 aromatic heterocycles. The molecular formula is C18H21F2N3O4S. The van der Waals surface area contributed by atoms with Crippen molar-refractivity contribution in [3.05, 3.63) is 47.3 Å².